The van der Waals surface area contributed by atoms with Crippen LogP contribution in [0.3, 0.4) is 0 Å². The lowest BCUT2D eigenvalue weighted by molar-refractivity contribution is 1.05. The Labute approximate surface area is 83.7 Å². The highest BCUT2D eigenvalue weighted by molar-refractivity contribution is 9.10. The summed E-state index contributed by atoms with van der Waals surface area (Å²) in [5.74, 6) is 0.616. The molecule has 0 atom stereocenters. The molecule has 1 aromatic heterocycles. The molecular weight excluding hydrogens is 241 g/mol. The Bertz CT molecular complexity index is 301. The normalized spacial score (nSPS) is 16.2. The molecule has 12 heavy (non-hydrogen) atoms. The highest BCUT2D eigenvalue weighted by Gasteiger charge is 2.21. The summed E-state index contributed by atoms with van der Waals surface area (Å²) in [5, 5.41) is 3.61. The molecule has 1 heterocycles. The average molecular weight is 249 g/mol. The van der Waals surface area contributed by atoms with E-state index in [0.29, 0.717) is 17.1 Å². The van der Waals surface area contributed by atoms with Crippen LogP contribution in [0.1, 0.15) is 12.8 Å². The molecule has 1 aliphatic carbocycles. The van der Waals surface area contributed by atoms with Crippen molar-refractivity contribution in [2.24, 2.45) is 0 Å². The number of hydrogen-bond donors (Lipinski definition) is 1. The van der Waals surface area contributed by atoms with Gasteiger partial charge in [-0.05, 0) is 28.8 Å². The molecule has 1 N–H and O–H groups in total. The first-order valence-electron chi connectivity index (χ1n) is 3.70. The van der Waals surface area contributed by atoms with Gasteiger partial charge in [-0.3, -0.25) is 0 Å². The monoisotopic (exact) mass is 247 g/mol. The number of nitrogens with zero attached hydrogens (tertiary/aromatic N) is 2. The van der Waals surface area contributed by atoms with Gasteiger partial charge < -0.3 is 5.32 Å². The van der Waals surface area contributed by atoms with E-state index < -0.39 is 0 Å². The van der Waals surface area contributed by atoms with E-state index >= 15 is 0 Å². The van der Waals surface area contributed by atoms with Crippen LogP contribution in [-0.4, -0.2) is 16.0 Å². The first-order chi connectivity index (χ1) is 5.75. The molecule has 1 saturated carbocycles. The fraction of sp³-hybridized carbons (Fsp3) is 0.429. The van der Waals surface area contributed by atoms with Crippen molar-refractivity contribution >= 4 is 33.5 Å². The number of hydrogen-bond acceptors (Lipinski definition) is 3. The van der Waals surface area contributed by atoms with Crippen LogP contribution in [0.15, 0.2) is 10.7 Å². The molecule has 5 heteroatoms. The lowest BCUT2D eigenvalue weighted by atomic mass is 10.6. The van der Waals surface area contributed by atoms with Crippen LogP contribution >= 0.6 is 27.5 Å². The number of aromatic nitrogens is 2. The van der Waals surface area contributed by atoms with Crippen molar-refractivity contribution in [3.63, 3.8) is 0 Å². The quantitative estimate of drug-likeness (QED) is 0.817. The Morgan fingerprint density at radius 2 is 2.33 bits per heavy atom. The van der Waals surface area contributed by atoms with E-state index in [2.05, 4.69) is 31.2 Å². The van der Waals surface area contributed by atoms with Crippen molar-refractivity contribution in [3.8, 4) is 0 Å². The highest BCUT2D eigenvalue weighted by Crippen LogP contribution is 2.25. The van der Waals surface area contributed by atoms with E-state index in [1.165, 1.54) is 12.8 Å². The lowest BCUT2D eigenvalue weighted by Gasteiger charge is -2.02. The molecule has 0 spiro atoms. The second-order valence-corrected chi connectivity index (χ2v) is 3.96. The Morgan fingerprint density at radius 3 is 2.92 bits per heavy atom. The molecule has 0 bridgehead atoms. The Hall–Kier alpha value is -0.350. The maximum atomic E-state index is 5.78. The van der Waals surface area contributed by atoms with Crippen LogP contribution in [0, 0.1) is 0 Å². The number of anilines is 1. The summed E-state index contributed by atoms with van der Waals surface area (Å²) < 4.78 is 0.727. The molecule has 0 aliphatic heterocycles. The fourth-order valence-electron chi connectivity index (χ4n) is 0.826. The third-order valence-electron chi connectivity index (χ3n) is 1.61. The zero-order valence-corrected chi connectivity index (χ0v) is 8.56. The Balaban J connectivity index is 2.15. The molecule has 1 aliphatic rings. The van der Waals surface area contributed by atoms with Gasteiger partial charge >= 0.3 is 0 Å². The third-order valence-corrected chi connectivity index (χ3v) is 2.71. The molecule has 3 nitrogen and oxygen atoms in total. The van der Waals surface area contributed by atoms with Gasteiger partial charge in [0.05, 0.1) is 4.47 Å². The summed E-state index contributed by atoms with van der Waals surface area (Å²) in [6.07, 6.45) is 4.06. The number of rotatable bonds is 2. The first kappa shape index (κ1) is 8.26. The van der Waals surface area contributed by atoms with Crippen molar-refractivity contribution in [2.45, 2.75) is 18.9 Å². The molecule has 64 valence electrons. The third kappa shape index (κ3) is 1.87. The highest BCUT2D eigenvalue weighted by atomic mass is 79.9. The van der Waals surface area contributed by atoms with Gasteiger partial charge in [0.1, 0.15) is 5.15 Å². The van der Waals surface area contributed by atoms with Gasteiger partial charge in [-0.15, -0.1) is 0 Å². The second-order valence-electron chi connectivity index (χ2n) is 2.75. The molecule has 0 aromatic carbocycles. The molecule has 2 rings (SSSR count). The lowest BCUT2D eigenvalue weighted by Crippen LogP contribution is -2.04. The maximum Gasteiger partial charge on any atom is 0.224 e. The van der Waals surface area contributed by atoms with Gasteiger partial charge in [-0.25, -0.2) is 4.98 Å². The topological polar surface area (TPSA) is 37.8 Å². The minimum atomic E-state index is 0.452. The second kappa shape index (κ2) is 3.18. The fourth-order valence-corrected chi connectivity index (χ4v) is 1.15. The van der Waals surface area contributed by atoms with Crippen LogP contribution in [-0.2, 0) is 0 Å². The van der Waals surface area contributed by atoms with Gasteiger partial charge in [-0.1, -0.05) is 11.6 Å². The van der Waals surface area contributed by atoms with Gasteiger partial charge in [-0.2, -0.15) is 4.98 Å². The minimum absolute atomic E-state index is 0.452. The standard InChI is InChI=1S/C7H7BrClN3/c8-5-3-10-7(12-6(5)9)11-4-1-2-4/h3-4H,1-2H2,(H,10,11,12). The largest absolute Gasteiger partial charge is 0.351 e. The molecule has 1 aromatic rings. The zero-order valence-electron chi connectivity index (χ0n) is 6.22. The minimum Gasteiger partial charge on any atom is -0.351 e. The molecule has 0 saturated heterocycles. The smallest absolute Gasteiger partial charge is 0.224 e. The Morgan fingerprint density at radius 1 is 1.58 bits per heavy atom. The van der Waals surface area contributed by atoms with Crippen molar-refractivity contribution in [3.05, 3.63) is 15.8 Å². The van der Waals surface area contributed by atoms with E-state index in [0.717, 1.165) is 4.47 Å². The predicted octanol–water partition coefficient (Wildman–Crippen LogP) is 2.47. The predicted molar refractivity (Wildman–Crippen MR) is 51.4 cm³/mol. The molecular formula is C7H7BrClN3. The summed E-state index contributed by atoms with van der Waals surface area (Å²) in [6, 6.07) is 0.558. The van der Waals surface area contributed by atoms with Crippen molar-refractivity contribution in [1.29, 1.82) is 0 Å². The van der Waals surface area contributed by atoms with Gasteiger partial charge in [0.15, 0.2) is 0 Å². The summed E-state index contributed by atoms with van der Waals surface area (Å²) >= 11 is 9.01. The Kier molecular flexibility index (Phi) is 2.19. The number of nitrogens with one attached hydrogen (secondary N) is 1. The van der Waals surface area contributed by atoms with Crippen LogP contribution in [0.5, 0.6) is 0 Å². The first-order valence-corrected chi connectivity index (χ1v) is 4.87. The zero-order chi connectivity index (χ0) is 8.55. The molecule has 0 amide bonds. The maximum absolute atomic E-state index is 5.78. The summed E-state index contributed by atoms with van der Waals surface area (Å²) in [4.78, 5) is 8.11. The van der Waals surface area contributed by atoms with Gasteiger partial charge in [0, 0.05) is 12.2 Å². The van der Waals surface area contributed by atoms with Gasteiger partial charge in [0.2, 0.25) is 5.95 Å². The van der Waals surface area contributed by atoms with E-state index in [9.17, 15) is 0 Å². The number of halogens is 2. The SMILES string of the molecule is Clc1nc(NC2CC2)ncc1Br. The molecule has 1 fully saturated rings. The summed E-state index contributed by atoms with van der Waals surface area (Å²) in [6.45, 7) is 0. The van der Waals surface area contributed by atoms with E-state index in [-0.39, 0.29) is 0 Å². The van der Waals surface area contributed by atoms with Crippen LogP contribution in [0.25, 0.3) is 0 Å². The molecule has 0 radical (unpaired) electrons. The van der Waals surface area contributed by atoms with Crippen LogP contribution in [0.2, 0.25) is 5.15 Å². The van der Waals surface area contributed by atoms with E-state index in [1.54, 1.807) is 6.20 Å². The van der Waals surface area contributed by atoms with Crippen LogP contribution in [0.4, 0.5) is 5.95 Å². The summed E-state index contributed by atoms with van der Waals surface area (Å²) in [5.41, 5.74) is 0. The van der Waals surface area contributed by atoms with Crippen LogP contribution < -0.4 is 5.32 Å². The van der Waals surface area contributed by atoms with Crippen molar-refractivity contribution < 1.29 is 0 Å². The van der Waals surface area contributed by atoms with E-state index in [1.807, 2.05) is 0 Å². The average Bonchev–Trinajstić information content (AvgIpc) is 2.81. The van der Waals surface area contributed by atoms with Crippen molar-refractivity contribution in [2.75, 3.05) is 5.32 Å². The molecule has 0 unspecified atom stereocenters. The van der Waals surface area contributed by atoms with E-state index in [4.69, 9.17) is 11.6 Å². The summed E-state index contributed by atoms with van der Waals surface area (Å²) in [7, 11) is 0. The van der Waals surface area contributed by atoms with Crippen molar-refractivity contribution in [1.82, 2.24) is 9.97 Å². The van der Waals surface area contributed by atoms with Gasteiger partial charge in [0.25, 0.3) is 0 Å².